The lowest BCUT2D eigenvalue weighted by Gasteiger charge is -2.29. The third kappa shape index (κ3) is 34.7. The third-order valence-electron chi connectivity index (χ3n) is 17.4. The second-order valence-electron chi connectivity index (χ2n) is 25.2. The van der Waals surface area contributed by atoms with Crippen molar-refractivity contribution in [1.29, 1.82) is 0 Å². The molecule has 6 N–H and O–H groups in total. The van der Waals surface area contributed by atoms with Crippen LogP contribution in [-0.4, -0.2) is 168 Å². The summed E-state index contributed by atoms with van der Waals surface area (Å²) in [5, 5.41) is 12.3. The van der Waals surface area contributed by atoms with Crippen LogP contribution in [0.2, 0.25) is 0 Å². The van der Waals surface area contributed by atoms with Crippen LogP contribution in [0.3, 0.4) is 0 Å². The Morgan fingerprint density at radius 3 is 1.28 bits per heavy atom. The molecule has 6 atom stereocenters. The fourth-order valence-corrected chi connectivity index (χ4v) is 14.2. The van der Waals surface area contributed by atoms with Gasteiger partial charge in [0.25, 0.3) is 0 Å². The van der Waals surface area contributed by atoms with E-state index in [9.17, 15) is 24.0 Å². The van der Waals surface area contributed by atoms with Gasteiger partial charge in [-0.3, -0.25) is 39.3 Å². The average molecular weight is 1600 g/mol. The molecule has 4 amide bonds. The highest BCUT2D eigenvalue weighted by Gasteiger charge is 2.29. The first kappa shape index (κ1) is 86.7. The predicted octanol–water partition coefficient (Wildman–Crippen LogP) is 13.3. The van der Waals surface area contributed by atoms with Gasteiger partial charge >= 0.3 is 18.2 Å². The Morgan fingerprint density at radius 2 is 0.883 bits per heavy atom. The molecule has 0 aliphatic carbocycles. The number of halogens is 1. The van der Waals surface area contributed by atoms with Crippen LogP contribution >= 0.6 is 69.3 Å². The van der Waals surface area contributed by atoms with Gasteiger partial charge in [0.2, 0.25) is 0 Å². The number of carbonyl (C=O) groups is 5. The summed E-state index contributed by atoms with van der Waals surface area (Å²) in [7, 11) is 3.67. The number of nitrogens with two attached hydrogens (primary N) is 1. The van der Waals surface area contributed by atoms with Crippen molar-refractivity contribution < 1.29 is 42.9 Å². The van der Waals surface area contributed by atoms with Crippen LogP contribution in [0.4, 0.5) is 14.4 Å². The van der Waals surface area contributed by atoms with Crippen molar-refractivity contribution >= 4 is 99.1 Å². The maximum Gasteiger partial charge on any atom is 0.407 e. The number of morpholine rings is 2. The zero-order valence-electron chi connectivity index (χ0n) is 57.9. The molecule has 2 aliphatic rings. The number of hydrogen-bond acceptors (Lipinski definition) is 21. The number of thiazole rings is 4. The van der Waals surface area contributed by atoms with Gasteiger partial charge in [-0.1, -0.05) is 136 Å². The predicted molar refractivity (Wildman–Crippen MR) is 425 cm³/mol. The molecule has 2 fully saturated rings. The number of ether oxygens (including phenoxy) is 4. The van der Waals surface area contributed by atoms with Gasteiger partial charge in [0.1, 0.15) is 19.0 Å². The first-order valence-electron chi connectivity index (χ1n) is 34.5. The first-order chi connectivity index (χ1) is 48.9. The molecule has 8 aromatic rings. The lowest BCUT2D eigenvalue weighted by atomic mass is 9.86. The Hall–Kier alpha value is -6.96. The topological polar surface area (TPSA) is 258 Å². The van der Waals surface area contributed by atoms with Crippen molar-refractivity contribution in [2.24, 2.45) is 17.6 Å². The molecule has 103 heavy (non-hydrogen) atoms. The maximum atomic E-state index is 14.2. The van der Waals surface area contributed by atoms with Gasteiger partial charge in [0.15, 0.2) is 5.78 Å². The molecule has 2 aliphatic heterocycles. The second-order valence-corrected chi connectivity index (χ2v) is 29.1. The van der Waals surface area contributed by atoms with E-state index in [1.165, 1.54) is 44.5 Å². The molecule has 4 aromatic carbocycles. The summed E-state index contributed by atoms with van der Waals surface area (Å²) in [5.41, 5.74) is 18.0. The van der Waals surface area contributed by atoms with E-state index in [0.717, 1.165) is 103 Å². The number of amides is 4. The van der Waals surface area contributed by atoms with Gasteiger partial charge in [-0.25, -0.2) is 14.4 Å². The number of alkyl carbamates (subject to hydrolysis) is 2. The zero-order valence-corrected chi connectivity index (χ0v) is 63.5. The molecular weight excluding hydrogens is 1490 g/mol. The van der Waals surface area contributed by atoms with Crippen LogP contribution in [0, 0.1) is 11.8 Å². The van der Waals surface area contributed by atoms with Crippen LogP contribution in [0.1, 0.15) is 108 Å². The molecule has 0 radical (unpaired) electrons. The highest BCUT2D eigenvalue weighted by Crippen LogP contribution is 2.25. The molecule has 560 valence electrons. The Labute approximate surface area is 642 Å². The maximum absolute atomic E-state index is 14.2. The highest BCUT2D eigenvalue weighted by molar-refractivity contribution is 14.0. The molecule has 2 saturated heterocycles. The van der Waals surface area contributed by atoms with E-state index in [1.54, 1.807) is 58.4 Å². The summed E-state index contributed by atoms with van der Waals surface area (Å²) in [5.74, 6) is 0.231. The number of benzene rings is 4. The molecule has 0 unspecified atom stereocenters. The summed E-state index contributed by atoms with van der Waals surface area (Å²) < 4.78 is 21.9. The van der Waals surface area contributed by atoms with E-state index in [1.807, 2.05) is 91.6 Å². The third-order valence-corrected chi connectivity index (χ3v) is 20.4. The van der Waals surface area contributed by atoms with Crippen molar-refractivity contribution in [3.8, 4) is 0 Å². The van der Waals surface area contributed by atoms with E-state index in [0.29, 0.717) is 84.1 Å². The van der Waals surface area contributed by atoms with Crippen LogP contribution in [-0.2, 0) is 80.5 Å². The zero-order chi connectivity index (χ0) is 70.2. The number of hydrogen-bond donors (Lipinski definition) is 5. The van der Waals surface area contributed by atoms with Gasteiger partial charge in [-0.2, -0.15) is 0 Å². The number of aromatic nitrogens is 4. The number of nitrogens with zero attached hydrogens (tertiary/aromatic N) is 7. The number of urea groups is 1. The Morgan fingerprint density at radius 1 is 0.505 bits per heavy atom. The summed E-state index contributed by atoms with van der Waals surface area (Å²) in [6, 6.07) is 38.9. The minimum absolute atomic E-state index is 0. The lowest BCUT2D eigenvalue weighted by Crippen LogP contribution is -2.48. The van der Waals surface area contributed by atoms with E-state index >= 15 is 0 Å². The smallest absolute Gasteiger partial charge is 0.407 e. The van der Waals surface area contributed by atoms with Crippen molar-refractivity contribution in [1.82, 2.24) is 55.9 Å². The molecule has 4 aromatic heterocycles. The summed E-state index contributed by atoms with van der Waals surface area (Å²) in [4.78, 5) is 92.9. The molecule has 26 heteroatoms. The quantitative estimate of drug-likeness (QED) is 0.0227. The fourth-order valence-electron chi connectivity index (χ4n) is 11.9. The number of nitrogens with one attached hydrogen (secondary N) is 4. The monoisotopic (exact) mass is 1600 g/mol. The largest absolute Gasteiger partial charge is 0.444 e. The van der Waals surface area contributed by atoms with Gasteiger partial charge < -0.3 is 50.8 Å². The van der Waals surface area contributed by atoms with Crippen LogP contribution in [0.15, 0.2) is 168 Å². The lowest BCUT2D eigenvalue weighted by molar-refractivity contribution is -0.122. The van der Waals surface area contributed by atoms with E-state index in [4.69, 9.17) is 24.7 Å². The Balaban J connectivity index is 0.000000330. The van der Waals surface area contributed by atoms with Gasteiger partial charge in [-0.05, 0) is 105 Å². The Bertz CT molecular complexity index is 3500. The van der Waals surface area contributed by atoms with Gasteiger partial charge in [0, 0.05) is 112 Å². The van der Waals surface area contributed by atoms with Gasteiger partial charge in [-0.15, -0.1) is 69.3 Å². The SMILES string of the molecule is C.C.CN(Cc1cncs1)C(=O)N[C@@H](CCN1CCOCC1)C(=O)C[C@H](CC[C@H](Cc1ccccc1)NC(=O)OCc1cncs1)Cc1ccccc1.CNCc1cncs1.I.N[C@@H](CCN1CCOCC1)C(=O)C[C@H](CC[C@H](Cc1ccccc1)NC(=O)OCc1cncs1)Cc1ccccc1. The van der Waals surface area contributed by atoms with Crippen molar-refractivity contribution in [3.05, 3.63) is 210 Å². The molecule has 0 bridgehead atoms. The van der Waals surface area contributed by atoms with Crippen molar-refractivity contribution in [2.45, 2.75) is 142 Å². The van der Waals surface area contributed by atoms with Crippen molar-refractivity contribution in [2.75, 3.05) is 79.8 Å². The first-order valence-corrected chi connectivity index (χ1v) is 38.0. The fraction of sp³-hybridized carbons (Fsp3) is 0.468. The Kier molecular flexibility index (Phi) is 42.5. The molecule has 0 spiro atoms. The normalized spacial score (nSPS) is 14.6. The van der Waals surface area contributed by atoms with E-state index in [-0.39, 0.29) is 93.6 Å². The van der Waals surface area contributed by atoms with Crippen LogP contribution in [0.5, 0.6) is 0 Å². The van der Waals surface area contributed by atoms with E-state index < -0.39 is 24.3 Å². The van der Waals surface area contributed by atoms with E-state index in [2.05, 4.69) is 99.5 Å². The number of rotatable bonds is 37. The molecule has 0 saturated carbocycles. The average Bonchev–Trinajstić information content (AvgIpc) is 1.37. The molecular formula is C77H107IN12O9S4. The number of ketones is 2. The van der Waals surface area contributed by atoms with Crippen molar-refractivity contribution in [3.63, 3.8) is 0 Å². The number of carbonyl (C=O) groups excluding carboxylic acids is 5. The standard InChI is InChI=1S/C38H48N6O5S2.C32H42N4O4S.C5H8N2S.2CH4.HI/c1-43(25-33-23-39-27-50-33)37(46)42-35(14-15-44-16-18-48-19-17-44)36(45)22-31(20-29-8-4-2-5-9-29)12-13-32(21-30-10-6-3-7-11-30)41-38(47)49-26-34-24-40-28-51-34;33-30(13-14-36-15-17-39-18-16-36)31(37)21-27(19-25-7-3-1-4-8-25)11-12-28(20-26-9-5-2-6-10-26)35-32(38)40-23-29-22-34-24-41-29;1-6-2-5-3-7-4-8-5;;;/h2-11,23-24,27-28,31-32,35H,12-22,25-26H2,1H3,(H,41,47)(H,42,46);1-10,22,24,27-28,30H,11-21,23,33H2,(H,35,38);3-4,6H,2H2,1H3;2*1H4;1H/t31-,32-,35+;27-,28-,30+;;;;/m11..../s1. The second kappa shape index (κ2) is 50.5. The van der Waals surface area contributed by atoms with Crippen LogP contribution < -0.4 is 27.0 Å². The highest BCUT2D eigenvalue weighted by atomic mass is 127. The van der Waals surface area contributed by atoms with Gasteiger partial charge in [0.05, 0.1) is 76.9 Å². The molecule has 21 nitrogen and oxygen atoms in total. The summed E-state index contributed by atoms with van der Waals surface area (Å²) >= 11 is 6.06. The minimum Gasteiger partial charge on any atom is -0.444 e. The molecule has 6 heterocycles. The molecule has 10 rings (SSSR count). The summed E-state index contributed by atoms with van der Waals surface area (Å²) in [6.45, 7) is 9.40. The summed E-state index contributed by atoms with van der Waals surface area (Å²) in [6.07, 6.45) is 13.7. The van der Waals surface area contributed by atoms with Crippen LogP contribution in [0.25, 0.3) is 0 Å². The minimum atomic E-state index is -0.637. The number of Topliss-reactive ketones (excluding diaryl/α,β-unsaturated/α-hetero) is 2.